The molecule has 0 saturated carbocycles. The van der Waals surface area contributed by atoms with Crippen LogP contribution < -0.4 is 4.90 Å². The highest BCUT2D eigenvalue weighted by Crippen LogP contribution is 2.17. The molecule has 3 rings (SSSR count). The maximum absolute atomic E-state index is 12.9. The van der Waals surface area contributed by atoms with Crippen LogP contribution >= 0.6 is 23.4 Å². The molecule has 2 aromatic carbocycles. The maximum Gasteiger partial charge on any atom is 0.253 e. The number of benzene rings is 2. The van der Waals surface area contributed by atoms with Gasteiger partial charge in [0.25, 0.3) is 5.91 Å². The molecule has 0 bridgehead atoms. The molecule has 1 fully saturated rings. The van der Waals surface area contributed by atoms with Crippen LogP contribution in [0.3, 0.4) is 0 Å². The van der Waals surface area contributed by atoms with Gasteiger partial charge in [0.2, 0.25) is 5.91 Å². The zero-order valence-electron chi connectivity index (χ0n) is 18.2. The van der Waals surface area contributed by atoms with Crippen molar-refractivity contribution in [3.8, 4) is 0 Å². The normalized spacial score (nSPS) is 14.5. The van der Waals surface area contributed by atoms with Gasteiger partial charge >= 0.3 is 0 Å². The summed E-state index contributed by atoms with van der Waals surface area (Å²) in [5.74, 6) is 1.51. The molecule has 2 amide bonds. The predicted molar refractivity (Wildman–Crippen MR) is 130 cm³/mol. The Bertz CT molecular complexity index is 865. The molecular weight excluding hydrogens is 430 g/mol. The van der Waals surface area contributed by atoms with Gasteiger partial charge in [0.1, 0.15) is 0 Å². The summed E-state index contributed by atoms with van der Waals surface area (Å²) in [5.41, 5.74) is 2.76. The second-order valence-corrected chi connectivity index (χ2v) is 9.36. The summed E-state index contributed by atoms with van der Waals surface area (Å²) in [7, 11) is 1.78. The number of anilines is 1. The number of carbonyl (C=O) groups excluding carboxylic acids is 2. The fourth-order valence-corrected chi connectivity index (χ4v) is 4.25. The summed E-state index contributed by atoms with van der Waals surface area (Å²) < 4.78 is 0. The Kier molecular flexibility index (Phi) is 8.81. The SMILES string of the molecule is CCSCC(=O)N(C)c1ccc(C(=O)N2CCN(CCc3ccc(Cl)cc3)CC2)cc1. The Morgan fingerprint density at radius 2 is 1.65 bits per heavy atom. The standard InChI is InChI=1S/C24H30ClN3O2S/c1-3-31-18-23(29)26(2)22-10-6-20(7-11-22)24(30)28-16-14-27(15-17-28)13-12-19-4-8-21(25)9-5-19/h4-11H,3,12-18H2,1-2H3. The smallest absolute Gasteiger partial charge is 0.253 e. The summed E-state index contributed by atoms with van der Waals surface area (Å²) in [4.78, 5) is 31.0. The molecule has 166 valence electrons. The van der Waals surface area contributed by atoms with Gasteiger partial charge in [-0.25, -0.2) is 0 Å². The van der Waals surface area contributed by atoms with E-state index in [1.165, 1.54) is 5.56 Å². The van der Waals surface area contributed by atoms with Gasteiger partial charge in [-0.05, 0) is 54.1 Å². The molecule has 0 aliphatic carbocycles. The highest BCUT2D eigenvalue weighted by atomic mass is 35.5. The second kappa shape index (κ2) is 11.6. The number of amides is 2. The predicted octanol–water partition coefficient (Wildman–Crippen LogP) is 4.06. The molecule has 1 heterocycles. The number of hydrogen-bond donors (Lipinski definition) is 0. The quantitative estimate of drug-likeness (QED) is 0.597. The summed E-state index contributed by atoms with van der Waals surface area (Å²) in [6.07, 6.45) is 0.982. The van der Waals surface area contributed by atoms with Gasteiger partial charge < -0.3 is 9.80 Å². The van der Waals surface area contributed by atoms with Gasteiger partial charge in [-0.3, -0.25) is 14.5 Å². The van der Waals surface area contributed by atoms with Crippen LogP contribution in [0, 0.1) is 0 Å². The summed E-state index contributed by atoms with van der Waals surface area (Å²) in [5, 5.41) is 0.762. The van der Waals surface area contributed by atoms with Crippen molar-refractivity contribution in [3.63, 3.8) is 0 Å². The van der Waals surface area contributed by atoms with Crippen LogP contribution in [0.15, 0.2) is 48.5 Å². The van der Waals surface area contributed by atoms with Crippen molar-refractivity contribution in [3.05, 3.63) is 64.7 Å². The van der Waals surface area contributed by atoms with E-state index < -0.39 is 0 Å². The lowest BCUT2D eigenvalue weighted by atomic mass is 10.1. The molecular formula is C24H30ClN3O2S. The average molecular weight is 460 g/mol. The minimum Gasteiger partial charge on any atom is -0.336 e. The van der Waals surface area contributed by atoms with Crippen LogP contribution in [0.5, 0.6) is 0 Å². The number of rotatable bonds is 8. The van der Waals surface area contributed by atoms with E-state index in [0.717, 1.165) is 55.6 Å². The molecule has 1 saturated heterocycles. The third-order valence-corrected chi connectivity index (χ3v) is 6.71. The van der Waals surface area contributed by atoms with Crippen molar-refractivity contribution in [2.24, 2.45) is 0 Å². The van der Waals surface area contributed by atoms with E-state index in [-0.39, 0.29) is 11.8 Å². The highest BCUT2D eigenvalue weighted by molar-refractivity contribution is 7.99. The molecule has 2 aromatic rings. The zero-order valence-corrected chi connectivity index (χ0v) is 19.8. The summed E-state index contributed by atoms with van der Waals surface area (Å²) >= 11 is 7.55. The van der Waals surface area contributed by atoms with Gasteiger partial charge in [0, 0.05) is 56.0 Å². The summed E-state index contributed by atoms with van der Waals surface area (Å²) in [6, 6.07) is 15.3. The zero-order chi connectivity index (χ0) is 22.2. The minimum atomic E-state index is 0.0550. The monoisotopic (exact) mass is 459 g/mol. The fraction of sp³-hybridized carbons (Fsp3) is 0.417. The van der Waals surface area contributed by atoms with E-state index in [0.29, 0.717) is 11.3 Å². The van der Waals surface area contributed by atoms with E-state index in [1.807, 2.05) is 48.2 Å². The largest absolute Gasteiger partial charge is 0.336 e. The average Bonchev–Trinajstić information content (AvgIpc) is 2.81. The fourth-order valence-electron chi connectivity index (χ4n) is 3.55. The first-order valence-electron chi connectivity index (χ1n) is 10.7. The Morgan fingerprint density at radius 3 is 2.26 bits per heavy atom. The van der Waals surface area contributed by atoms with E-state index >= 15 is 0 Å². The van der Waals surface area contributed by atoms with Crippen LogP contribution in [-0.4, -0.2) is 72.9 Å². The molecule has 1 aliphatic rings. The van der Waals surface area contributed by atoms with Crippen molar-refractivity contribution in [2.45, 2.75) is 13.3 Å². The van der Waals surface area contributed by atoms with Crippen molar-refractivity contribution < 1.29 is 9.59 Å². The molecule has 0 radical (unpaired) electrons. The molecule has 0 spiro atoms. The highest BCUT2D eigenvalue weighted by Gasteiger charge is 2.22. The van der Waals surface area contributed by atoms with Crippen LogP contribution in [0.2, 0.25) is 5.02 Å². The molecule has 1 aliphatic heterocycles. The number of nitrogens with zero attached hydrogens (tertiary/aromatic N) is 3. The molecule has 0 aromatic heterocycles. The first-order valence-corrected chi connectivity index (χ1v) is 12.2. The Hall–Kier alpha value is -2.02. The van der Waals surface area contributed by atoms with Gasteiger partial charge in [0.15, 0.2) is 0 Å². The van der Waals surface area contributed by atoms with Gasteiger partial charge in [-0.15, -0.1) is 0 Å². The third kappa shape index (κ3) is 6.73. The lowest BCUT2D eigenvalue weighted by Crippen LogP contribution is -2.49. The molecule has 7 heteroatoms. The van der Waals surface area contributed by atoms with Gasteiger partial charge in [0.05, 0.1) is 5.75 Å². The van der Waals surface area contributed by atoms with Crippen LogP contribution in [0.4, 0.5) is 5.69 Å². The first-order chi connectivity index (χ1) is 15.0. The topological polar surface area (TPSA) is 43.9 Å². The lowest BCUT2D eigenvalue weighted by Gasteiger charge is -2.34. The molecule has 0 atom stereocenters. The Labute approximate surface area is 194 Å². The van der Waals surface area contributed by atoms with E-state index in [4.69, 9.17) is 11.6 Å². The third-order valence-electron chi connectivity index (χ3n) is 5.59. The van der Waals surface area contributed by atoms with Crippen molar-refractivity contribution >= 4 is 40.9 Å². The van der Waals surface area contributed by atoms with Crippen molar-refractivity contribution in [1.82, 2.24) is 9.80 Å². The van der Waals surface area contributed by atoms with Crippen LogP contribution in [0.25, 0.3) is 0 Å². The first kappa shape index (κ1) is 23.6. The van der Waals surface area contributed by atoms with Gasteiger partial charge in [-0.2, -0.15) is 11.8 Å². The van der Waals surface area contributed by atoms with Crippen molar-refractivity contribution in [2.75, 3.05) is 56.2 Å². The van der Waals surface area contributed by atoms with E-state index in [9.17, 15) is 9.59 Å². The van der Waals surface area contributed by atoms with Crippen LogP contribution in [-0.2, 0) is 11.2 Å². The lowest BCUT2D eigenvalue weighted by molar-refractivity contribution is -0.115. The number of thioether (sulfide) groups is 1. The summed E-state index contributed by atoms with van der Waals surface area (Å²) in [6.45, 7) is 6.24. The molecule has 0 N–H and O–H groups in total. The minimum absolute atomic E-state index is 0.0550. The number of hydrogen-bond acceptors (Lipinski definition) is 4. The molecule has 5 nitrogen and oxygen atoms in total. The number of piperazine rings is 1. The second-order valence-electron chi connectivity index (χ2n) is 7.65. The Morgan fingerprint density at radius 1 is 1.00 bits per heavy atom. The molecule has 0 unspecified atom stereocenters. The van der Waals surface area contributed by atoms with E-state index in [2.05, 4.69) is 17.0 Å². The van der Waals surface area contributed by atoms with Gasteiger partial charge in [-0.1, -0.05) is 30.7 Å². The van der Waals surface area contributed by atoms with Crippen molar-refractivity contribution in [1.29, 1.82) is 0 Å². The molecule has 31 heavy (non-hydrogen) atoms. The number of carbonyl (C=O) groups is 2. The van der Waals surface area contributed by atoms with E-state index in [1.54, 1.807) is 23.7 Å². The van der Waals surface area contributed by atoms with Crippen LogP contribution in [0.1, 0.15) is 22.8 Å². The maximum atomic E-state index is 12.9. The number of halogens is 1. The Balaban J connectivity index is 1.47.